The zero-order valence-electron chi connectivity index (χ0n) is 12.1. The zero-order chi connectivity index (χ0) is 14.7. The van der Waals surface area contributed by atoms with Crippen LogP contribution in [0.4, 0.5) is 13.2 Å². The Morgan fingerprint density at radius 2 is 1.89 bits per heavy atom. The summed E-state index contributed by atoms with van der Waals surface area (Å²) in [5, 5.41) is 5.78. The zero-order valence-corrected chi connectivity index (χ0v) is 12.1. The lowest BCUT2D eigenvalue weighted by atomic mass is 10.1. The SMILES string of the molecule is CCCCCCC(C)NC(=NC)NCCC(F)(F)F. The molecule has 0 heterocycles. The molecular formula is C13H26F3N3. The van der Waals surface area contributed by atoms with Gasteiger partial charge in [-0.25, -0.2) is 0 Å². The van der Waals surface area contributed by atoms with E-state index in [2.05, 4.69) is 22.5 Å². The largest absolute Gasteiger partial charge is 0.390 e. The molecule has 114 valence electrons. The Balaban J connectivity index is 3.80. The summed E-state index contributed by atoms with van der Waals surface area (Å²) in [4.78, 5) is 3.92. The summed E-state index contributed by atoms with van der Waals surface area (Å²) in [5.41, 5.74) is 0. The lowest BCUT2D eigenvalue weighted by molar-refractivity contribution is -0.132. The molecule has 0 aliphatic heterocycles. The average molecular weight is 281 g/mol. The minimum Gasteiger partial charge on any atom is -0.356 e. The van der Waals surface area contributed by atoms with Crippen molar-refractivity contribution in [2.75, 3.05) is 13.6 Å². The molecule has 0 saturated heterocycles. The fourth-order valence-corrected chi connectivity index (χ4v) is 1.70. The number of nitrogens with zero attached hydrogens (tertiary/aromatic N) is 1. The van der Waals surface area contributed by atoms with Crippen LogP contribution in [0, 0.1) is 0 Å². The third-order valence-electron chi connectivity index (χ3n) is 2.80. The molecule has 0 aromatic heterocycles. The van der Waals surface area contributed by atoms with Gasteiger partial charge in [0.2, 0.25) is 0 Å². The van der Waals surface area contributed by atoms with Crippen molar-refractivity contribution in [2.45, 2.75) is 64.6 Å². The number of nitrogens with one attached hydrogen (secondary N) is 2. The standard InChI is InChI=1S/C13H26F3N3/c1-4-5-6-7-8-11(2)19-12(17-3)18-10-9-13(14,15)16/h11H,4-10H2,1-3H3,(H2,17,18,19). The van der Waals surface area contributed by atoms with E-state index in [0.29, 0.717) is 5.96 Å². The average Bonchev–Trinajstić information content (AvgIpc) is 2.32. The van der Waals surface area contributed by atoms with Crippen LogP contribution in [0.2, 0.25) is 0 Å². The first kappa shape index (κ1) is 18.1. The first-order valence-electron chi connectivity index (χ1n) is 6.93. The van der Waals surface area contributed by atoms with Gasteiger partial charge in [0.1, 0.15) is 0 Å². The van der Waals surface area contributed by atoms with E-state index in [1.165, 1.54) is 19.3 Å². The Morgan fingerprint density at radius 3 is 2.42 bits per heavy atom. The molecule has 0 aliphatic carbocycles. The maximum absolute atomic E-state index is 12.0. The Kier molecular flexibility index (Phi) is 9.43. The third kappa shape index (κ3) is 11.9. The lowest BCUT2D eigenvalue weighted by Gasteiger charge is -2.18. The van der Waals surface area contributed by atoms with Crippen LogP contribution in [0.3, 0.4) is 0 Å². The van der Waals surface area contributed by atoms with Crippen molar-refractivity contribution in [3.8, 4) is 0 Å². The number of guanidine groups is 1. The Morgan fingerprint density at radius 1 is 1.21 bits per heavy atom. The number of halogens is 3. The van der Waals surface area contributed by atoms with Gasteiger partial charge in [0, 0.05) is 19.6 Å². The fourth-order valence-electron chi connectivity index (χ4n) is 1.70. The highest BCUT2D eigenvalue weighted by Crippen LogP contribution is 2.18. The van der Waals surface area contributed by atoms with Crippen LogP contribution >= 0.6 is 0 Å². The normalized spacial score (nSPS) is 14.3. The number of hydrogen-bond acceptors (Lipinski definition) is 1. The van der Waals surface area contributed by atoms with Gasteiger partial charge in [-0.05, 0) is 13.3 Å². The summed E-state index contributed by atoms with van der Waals surface area (Å²) in [7, 11) is 1.56. The van der Waals surface area contributed by atoms with Crippen LogP contribution in [0.5, 0.6) is 0 Å². The fraction of sp³-hybridized carbons (Fsp3) is 0.923. The number of unbranched alkanes of at least 4 members (excludes halogenated alkanes) is 3. The van der Waals surface area contributed by atoms with Gasteiger partial charge in [-0.3, -0.25) is 4.99 Å². The van der Waals surface area contributed by atoms with Crippen LogP contribution < -0.4 is 10.6 Å². The van der Waals surface area contributed by atoms with Gasteiger partial charge in [-0.15, -0.1) is 0 Å². The molecule has 2 N–H and O–H groups in total. The Labute approximate surface area is 114 Å². The van der Waals surface area contributed by atoms with Crippen LogP contribution in [0.25, 0.3) is 0 Å². The van der Waals surface area contributed by atoms with Crippen molar-refractivity contribution in [3.05, 3.63) is 0 Å². The predicted octanol–water partition coefficient (Wildman–Crippen LogP) is 3.46. The van der Waals surface area contributed by atoms with Gasteiger partial charge in [0.15, 0.2) is 5.96 Å². The molecule has 0 fully saturated rings. The number of hydrogen-bond donors (Lipinski definition) is 2. The summed E-state index contributed by atoms with van der Waals surface area (Å²) >= 11 is 0. The Bertz CT molecular complexity index is 252. The maximum Gasteiger partial charge on any atom is 0.390 e. The summed E-state index contributed by atoms with van der Waals surface area (Å²) < 4.78 is 36.0. The molecular weight excluding hydrogens is 255 g/mol. The predicted molar refractivity (Wildman–Crippen MR) is 73.4 cm³/mol. The van der Waals surface area contributed by atoms with Crippen molar-refractivity contribution >= 4 is 5.96 Å². The molecule has 0 rings (SSSR count). The van der Waals surface area contributed by atoms with Crippen molar-refractivity contribution < 1.29 is 13.2 Å². The van der Waals surface area contributed by atoms with Gasteiger partial charge in [0.25, 0.3) is 0 Å². The minimum absolute atomic E-state index is 0.147. The van der Waals surface area contributed by atoms with Crippen LogP contribution in [0.1, 0.15) is 52.4 Å². The smallest absolute Gasteiger partial charge is 0.356 e. The van der Waals surface area contributed by atoms with Gasteiger partial charge < -0.3 is 10.6 Å². The summed E-state index contributed by atoms with van der Waals surface area (Å²) in [5.74, 6) is 0.437. The molecule has 0 bridgehead atoms. The summed E-state index contributed by atoms with van der Waals surface area (Å²) in [6.45, 7) is 4.03. The molecule has 0 saturated carbocycles. The van der Waals surface area contributed by atoms with Crippen molar-refractivity contribution in [1.29, 1.82) is 0 Å². The molecule has 0 amide bonds. The van der Waals surface area contributed by atoms with E-state index in [1.54, 1.807) is 7.05 Å². The third-order valence-corrected chi connectivity index (χ3v) is 2.80. The Hall–Kier alpha value is -0.940. The van der Waals surface area contributed by atoms with Gasteiger partial charge in [-0.1, -0.05) is 32.6 Å². The molecule has 6 heteroatoms. The van der Waals surface area contributed by atoms with Gasteiger partial charge >= 0.3 is 6.18 Å². The molecule has 0 spiro atoms. The number of aliphatic imine (C=N–C) groups is 1. The molecule has 0 aliphatic rings. The molecule has 19 heavy (non-hydrogen) atoms. The minimum atomic E-state index is -4.13. The van der Waals surface area contributed by atoms with E-state index in [4.69, 9.17) is 0 Å². The number of rotatable bonds is 8. The summed E-state index contributed by atoms with van der Waals surface area (Å²) in [6.07, 6.45) is 0.772. The first-order valence-corrected chi connectivity index (χ1v) is 6.93. The van der Waals surface area contributed by atoms with Crippen molar-refractivity contribution in [1.82, 2.24) is 10.6 Å². The second-order valence-electron chi connectivity index (χ2n) is 4.76. The van der Waals surface area contributed by atoms with Crippen molar-refractivity contribution in [2.24, 2.45) is 4.99 Å². The second-order valence-corrected chi connectivity index (χ2v) is 4.76. The quantitative estimate of drug-likeness (QED) is 0.406. The molecule has 1 atom stereocenters. The highest BCUT2D eigenvalue weighted by Gasteiger charge is 2.26. The van der Waals surface area contributed by atoms with E-state index in [-0.39, 0.29) is 12.6 Å². The van der Waals surface area contributed by atoms with E-state index < -0.39 is 12.6 Å². The van der Waals surface area contributed by atoms with Gasteiger partial charge in [0.05, 0.1) is 6.42 Å². The molecule has 1 unspecified atom stereocenters. The van der Waals surface area contributed by atoms with E-state index in [0.717, 1.165) is 12.8 Å². The second kappa shape index (κ2) is 9.92. The number of alkyl halides is 3. The summed E-state index contributed by atoms with van der Waals surface area (Å²) in [6, 6.07) is 0.217. The first-order chi connectivity index (χ1) is 8.89. The van der Waals surface area contributed by atoms with Crippen molar-refractivity contribution in [3.63, 3.8) is 0 Å². The maximum atomic E-state index is 12.0. The monoisotopic (exact) mass is 281 g/mol. The molecule has 0 aromatic rings. The van der Waals surface area contributed by atoms with Crippen LogP contribution in [0.15, 0.2) is 4.99 Å². The van der Waals surface area contributed by atoms with Crippen LogP contribution in [-0.4, -0.2) is 31.8 Å². The highest BCUT2D eigenvalue weighted by molar-refractivity contribution is 5.79. The van der Waals surface area contributed by atoms with Gasteiger partial charge in [-0.2, -0.15) is 13.2 Å². The van der Waals surface area contributed by atoms with E-state index in [9.17, 15) is 13.2 Å². The van der Waals surface area contributed by atoms with E-state index in [1.807, 2.05) is 6.92 Å². The lowest BCUT2D eigenvalue weighted by Crippen LogP contribution is -2.43. The highest BCUT2D eigenvalue weighted by atomic mass is 19.4. The molecule has 0 aromatic carbocycles. The molecule has 3 nitrogen and oxygen atoms in total. The van der Waals surface area contributed by atoms with Crippen LogP contribution in [-0.2, 0) is 0 Å². The van der Waals surface area contributed by atoms with E-state index >= 15 is 0 Å². The topological polar surface area (TPSA) is 36.4 Å². The molecule has 0 radical (unpaired) electrons.